The van der Waals surface area contributed by atoms with Gasteiger partial charge in [0.05, 0.1) is 0 Å². The van der Waals surface area contributed by atoms with Crippen LogP contribution in [-0.4, -0.2) is 38.5 Å². The summed E-state index contributed by atoms with van der Waals surface area (Å²) in [6, 6.07) is 5.97. The predicted octanol–water partition coefficient (Wildman–Crippen LogP) is 3.41. The smallest absolute Gasteiger partial charge is 0.222 e. The molecule has 0 N–H and O–H groups in total. The molecule has 2 aromatic rings. The summed E-state index contributed by atoms with van der Waals surface area (Å²) in [6.45, 7) is 1.69. The van der Waals surface area contributed by atoms with E-state index in [2.05, 4.69) is 19.5 Å². The number of likely N-dealkylation sites (tertiary alicyclic amines) is 1. The first-order valence-electron chi connectivity index (χ1n) is 9.38. The topological polar surface area (TPSA) is 50.5 Å². The Hall–Kier alpha value is -1.91. The second-order valence-electron chi connectivity index (χ2n) is 7.37. The quantitative estimate of drug-likeness (QED) is 0.868. The second-order valence-corrected chi connectivity index (χ2v) is 7.37. The van der Waals surface area contributed by atoms with Gasteiger partial charge in [-0.15, -0.1) is 10.2 Å². The monoisotopic (exact) mass is 326 g/mol. The van der Waals surface area contributed by atoms with Gasteiger partial charge in [0.15, 0.2) is 5.65 Å². The van der Waals surface area contributed by atoms with Gasteiger partial charge in [-0.2, -0.15) is 0 Å². The summed E-state index contributed by atoms with van der Waals surface area (Å²) in [6.07, 6.45) is 11.3. The van der Waals surface area contributed by atoms with E-state index in [1.165, 1.54) is 32.1 Å². The van der Waals surface area contributed by atoms with Crippen molar-refractivity contribution in [3.05, 3.63) is 30.2 Å². The van der Waals surface area contributed by atoms with Crippen LogP contribution in [0.2, 0.25) is 0 Å². The number of pyridine rings is 1. The molecule has 4 rings (SSSR count). The van der Waals surface area contributed by atoms with Crippen LogP contribution in [0.5, 0.6) is 0 Å². The molecule has 1 aliphatic heterocycles. The first kappa shape index (κ1) is 15.6. The van der Waals surface area contributed by atoms with Gasteiger partial charge in [0.2, 0.25) is 5.91 Å². The van der Waals surface area contributed by atoms with E-state index in [9.17, 15) is 4.79 Å². The molecule has 2 aromatic heterocycles. The Morgan fingerprint density at radius 2 is 1.96 bits per heavy atom. The standard InChI is InChI=1S/C19H26N4O/c24-18(13-15-7-2-1-3-8-15)22-11-6-9-16(14-22)19-21-20-17-10-4-5-12-23(17)19/h4-5,10,12,15-16H,1-3,6-9,11,13-14H2. The van der Waals surface area contributed by atoms with Gasteiger partial charge in [-0.1, -0.05) is 25.3 Å². The maximum absolute atomic E-state index is 12.7. The molecule has 0 spiro atoms. The first-order valence-corrected chi connectivity index (χ1v) is 9.38. The number of hydrogen-bond acceptors (Lipinski definition) is 3. The third-order valence-electron chi connectivity index (χ3n) is 5.67. The molecule has 5 heteroatoms. The van der Waals surface area contributed by atoms with E-state index in [0.29, 0.717) is 17.7 Å². The van der Waals surface area contributed by atoms with Crippen molar-refractivity contribution < 1.29 is 4.79 Å². The molecule has 1 aliphatic carbocycles. The number of carbonyl (C=O) groups is 1. The lowest BCUT2D eigenvalue weighted by Gasteiger charge is -2.33. The van der Waals surface area contributed by atoms with Crippen molar-refractivity contribution in [2.75, 3.05) is 13.1 Å². The number of aromatic nitrogens is 3. The molecular weight excluding hydrogens is 300 g/mol. The van der Waals surface area contributed by atoms with Crippen molar-refractivity contribution in [3.63, 3.8) is 0 Å². The average molecular weight is 326 g/mol. The maximum atomic E-state index is 12.7. The van der Waals surface area contributed by atoms with Gasteiger partial charge >= 0.3 is 0 Å². The molecule has 1 saturated carbocycles. The summed E-state index contributed by atoms with van der Waals surface area (Å²) in [5, 5.41) is 8.67. The van der Waals surface area contributed by atoms with E-state index in [1.807, 2.05) is 24.4 Å². The Morgan fingerprint density at radius 3 is 2.83 bits per heavy atom. The molecular formula is C19H26N4O. The van der Waals surface area contributed by atoms with Gasteiger partial charge in [-0.3, -0.25) is 9.20 Å². The van der Waals surface area contributed by atoms with Crippen LogP contribution in [0.25, 0.3) is 5.65 Å². The number of fused-ring (bicyclic) bond motifs is 1. The second kappa shape index (κ2) is 6.91. The molecule has 0 bridgehead atoms. The minimum absolute atomic E-state index is 0.298. The number of rotatable bonds is 3. The molecule has 5 nitrogen and oxygen atoms in total. The molecule has 0 aromatic carbocycles. The fraction of sp³-hybridized carbons (Fsp3) is 0.632. The van der Waals surface area contributed by atoms with Crippen LogP contribution < -0.4 is 0 Å². The molecule has 128 valence electrons. The van der Waals surface area contributed by atoms with Gasteiger partial charge in [-0.05, 0) is 43.7 Å². The molecule has 1 saturated heterocycles. The van der Waals surface area contributed by atoms with E-state index in [-0.39, 0.29) is 0 Å². The highest BCUT2D eigenvalue weighted by Gasteiger charge is 2.29. The third-order valence-corrected chi connectivity index (χ3v) is 5.67. The fourth-order valence-corrected chi connectivity index (χ4v) is 4.32. The average Bonchev–Trinajstić information content (AvgIpc) is 3.07. The summed E-state index contributed by atoms with van der Waals surface area (Å²) in [5.41, 5.74) is 0.887. The number of carbonyl (C=O) groups excluding carboxylic acids is 1. The Bertz CT molecular complexity index is 704. The van der Waals surface area contributed by atoms with Crippen LogP contribution in [-0.2, 0) is 4.79 Å². The van der Waals surface area contributed by atoms with Crippen molar-refractivity contribution in [3.8, 4) is 0 Å². The van der Waals surface area contributed by atoms with Crippen LogP contribution in [0, 0.1) is 5.92 Å². The van der Waals surface area contributed by atoms with E-state index in [1.54, 1.807) is 0 Å². The highest BCUT2D eigenvalue weighted by Crippen LogP contribution is 2.30. The van der Waals surface area contributed by atoms with Gasteiger partial charge in [0.25, 0.3) is 0 Å². The maximum Gasteiger partial charge on any atom is 0.222 e. The lowest BCUT2D eigenvalue weighted by atomic mass is 9.86. The molecule has 1 atom stereocenters. The van der Waals surface area contributed by atoms with Crippen LogP contribution in [0.4, 0.5) is 0 Å². The molecule has 3 heterocycles. The van der Waals surface area contributed by atoms with E-state index in [0.717, 1.165) is 43.8 Å². The highest BCUT2D eigenvalue weighted by atomic mass is 16.2. The molecule has 2 aliphatic rings. The number of amides is 1. The lowest BCUT2D eigenvalue weighted by molar-refractivity contribution is -0.133. The minimum Gasteiger partial charge on any atom is -0.342 e. The van der Waals surface area contributed by atoms with Crippen molar-refractivity contribution in [2.24, 2.45) is 5.92 Å². The Balaban J connectivity index is 1.44. The SMILES string of the molecule is O=C(CC1CCCCC1)N1CCCC(c2nnc3ccccn23)C1. The first-order chi connectivity index (χ1) is 11.8. The summed E-state index contributed by atoms with van der Waals surface area (Å²) < 4.78 is 2.07. The molecule has 2 fully saturated rings. The predicted molar refractivity (Wildman–Crippen MR) is 92.7 cm³/mol. The van der Waals surface area contributed by atoms with Crippen molar-refractivity contribution in [1.82, 2.24) is 19.5 Å². The summed E-state index contributed by atoms with van der Waals surface area (Å²) in [5.74, 6) is 2.26. The van der Waals surface area contributed by atoms with Crippen molar-refractivity contribution in [2.45, 2.75) is 57.3 Å². The Labute approximate surface area is 143 Å². The molecule has 1 unspecified atom stereocenters. The Kier molecular flexibility index (Phi) is 4.50. The zero-order chi connectivity index (χ0) is 16.4. The fourth-order valence-electron chi connectivity index (χ4n) is 4.32. The highest BCUT2D eigenvalue weighted by molar-refractivity contribution is 5.76. The van der Waals surface area contributed by atoms with E-state index >= 15 is 0 Å². The third kappa shape index (κ3) is 3.17. The normalized spacial score (nSPS) is 22.8. The Morgan fingerprint density at radius 1 is 1.08 bits per heavy atom. The molecule has 1 amide bonds. The molecule has 24 heavy (non-hydrogen) atoms. The zero-order valence-electron chi connectivity index (χ0n) is 14.2. The minimum atomic E-state index is 0.298. The van der Waals surface area contributed by atoms with Gasteiger partial charge in [-0.25, -0.2) is 0 Å². The van der Waals surface area contributed by atoms with Gasteiger partial charge < -0.3 is 4.90 Å². The summed E-state index contributed by atoms with van der Waals surface area (Å²) in [4.78, 5) is 14.8. The van der Waals surface area contributed by atoms with Crippen LogP contribution in [0.1, 0.15) is 63.1 Å². The van der Waals surface area contributed by atoms with Gasteiger partial charge in [0.1, 0.15) is 5.82 Å². The number of hydrogen-bond donors (Lipinski definition) is 0. The van der Waals surface area contributed by atoms with E-state index in [4.69, 9.17) is 0 Å². The summed E-state index contributed by atoms with van der Waals surface area (Å²) in [7, 11) is 0. The zero-order valence-corrected chi connectivity index (χ0v) is 14.2. The van der Waals surface area contributed by atoms with Crippen LogP contribution in [0.15, 0.2) is 24.4 Å². The van der Waals surface area contributed by atoms with E-state index < -0.39 is 0 Å². The van der Waals surface area contributed by atoms with Crippen LogP contribution in [0.3, 0.4) is 0 Å². The summed E-state index contributed by atoms with van der Waals surface area (Å²) >= 11 is 0. The van der Waals surface area contributed by atoms with Gasteiger partial charge in [0, 0.05) is 31.6 Å². The number of piperidine rings is 1. The van der Waals surface area contributed by atoms with Crippen molar-refractivity contribution in [1.29, 1.82) is 0 Å². The lowest BCUT2D eigenvalue weighted by Crippen LogP contribution is -2.40. The van der Waals surface area contributed by atoms with Crippen molar-refractivity contribution >= 4 is 11.6 Å². The van der Waals surface area contributed by atoms with Crippen LogP contribution >= 0.6 is 0 Å². The number of nitrogens with zero attached hydrogens (tertiary/aromatic N) is 4. The largest absolute Gasteiger partial charge is 0.342 e. The molecule has 0 radical (unpaired) electrons.